The van der Waals surface area contributed by atoms with Gasteiger partial charge in [0.2, 0.25) is 5.91 Å². The normalized spacial score (nSPS) is 12.6. The summed E-state index contributed by atoms with van der Waals surface area (Å²) in [5.41, 5.74) is 5.03. The minimum atomic E-state index is -0.398. The first-order valence-electron chi connectivity index (χ1n) is 5.64. The van der Waals surface area contributed by atoms with E-state index in [1.54, 1.807) is 4.90 Å². The van der Waals surface area contributed by atoms with Crippen LogP contribution in [0.15, 0.2) is 5.16 Å². The number of carbonyl (C=O) groups excluding carboxylic acids is 1. The molecule has 0 unspecified atom stereocenters. The van der Waals surface area contributed by atoms with Crippen LogP contribution in [0.4, 0.5) is 0 Å². The monoisotopic (exact) mass is 229 g/mol. The molecule has 0 saturated carbocycles. The van der Waals surface area contributed by atoms with Gasteiger partial charge in [-0.05, 0) is 12.8 Å². The molecule has 0 spiro atoms. The molecule has 0 atom stereocenters. The summed E-state index contributed by atoms with van der Waals surface area (Å²) in [6.45, 7) is 8.59. The molecular weight excluding hydrogens is 206 g/mol. The Morgan fingerprint density at radius 2 is 2.00 bits per heavy atom. The van der Waals surface area contributed by atoms with Crippen molar-refractivity contribution < 1.29 is 10.0 Å². The molecule has 5 nitrogen and oxygen atoms in total. The number of rotatable bonds is 6. The number of hydrogen-bond donors (Lipinski definition) is 2. The molecule has 3 N–H and O–H groups in total. The zero-order chi connectivity index (χ0) is 12.8. The van der Waals surface area contributed by atoms with Crippen LogP contribution in [0.3, 0.4) is 0 Å². The summed E-state index contributed by atoms with van der Waals surface area (Å²) in [6, 6.07) is 0. The smallest absolute Gasteiger partial charge is 0.228 e. The van der Waals surface area contributed by atoms with E-state index in [1.165, 1.54) is 0 Å². The Bertz CT molecular complexity index is 262. The van der Waals surface area contributed by atoms with Crippen molar-refractivity contribution in [1.29, 1.82) is 0 Å². The van der Waals surface area contributed by atoms with Crippen LogP contribution in [0.5, 0.6) is 0 Å². The summed E-state index contributed by atoms with van der Waals surface area (Å²) in [5.74, 6) is 0.108. The Labute approximate surface area is 97.3 Å². The lowest BCUT2D eigenvalue weighted by Gasteiger charge is -2.30. The summed E-state index contributed by atoms with van der Waals surface area (Å²) < 4.78 is 0. The minimum Gasteiger partial charge on any atom is -0.409 e. The molecule has 0 radical (unpaired) electrons. The van der Waals surface area contributed by atoms with Gasteiger partial charge in [0, 0.05) is 12.0 Å². The van der Waals surface area contributed by atoms with Gasteiger partial charge in [0.1, 0.15) is 0 Å². The van der Waals surface area contributed by atoms with Crippen LogP contribution in [0, 0.1) is 5.41 Å². The van der Waals surface area contributed by atoms with Crippen LogP contribution in [0.25, 0.3) is 0 Å². The molecule has 16 heavy (non-hydrogen) atoms. The quantitative estimate of drug-likeness (QED) is 0.313. The van der Waals surface area contributed by atoms with Gasteiger partial charge in [-0.25, -0.2) is 0 Å². The Morgan fingerprint density at radius 3 is 2.38 bits per heavy atom. The van der Waals surface area contributed by atoms with E-state index in [1.807, 2.05) is 27.7 Å². The molecule has 1 amide bonds. The van der Waals surface area contributed by atoms with E-state index in [4.69, 9.17) is 10.9 Å². The van der Waals surface area contributed by atoms with Gasteiger partial charge in [0.25, 0.3) is 0 Å². The van der Waals surface area contributed by atoms with Gasteiger partial charge < -0.3 is 15.8 Å². The highest BCUT2D eigenvalue weighted by atomic mass is 16.4. The fourth-order valence-electron chi connectivity index (χ4n) is 1.33. The number of oxime groups is 1. The second-order valence-corrected chi connectivity index (χ2v) is 4.56. The van der Waals surface area contributed by atoms with Crippen LogP contribution in [0.1, 0.15) is 40.5 Å². The van der Waals surface area contributed by atoms with Crippen LogP contribution < -0.4 is 5.73 Å². The molecule has 94 valence electrons. The van der Waals surface area contributed by atoms with E-state index in [0.29, 0.717) is 6.54 Å². The zero-order valence-electron chi connectivity index (χ0n) is 10.7. The maximum Gasteiger partial charge on any atom is 0.228 e. The third kappa shape index (κ3) is 4.08. The summed E-state index contributed by atoms with van der Waals surface area (Å²) in [6.07, 6.45) is 1.62. The van der Waals surface area contributed by atoms with Gasteiger partial charge in [-0.1, -0.05) is 32.9 Å². The van der Waals surface area contributed by atoms with Crippen molar-refractivity contribution in [1.82, 2.24) is 4.90 Å². The van der Waals surface area contributed by atoms with Gasteiger partial charge in [0.05, 0.1) is 6.54 Å². The lowest BCUT2D eigenvalue weighted by atomic mass is 9.88. The molecule has 0 aliphatic carbocycles. The lowest BCUT2D eigenvalue weighted by molar-refractivity contribution is -0.139. The van der Waals surface area contributed by atoms with Crippen molar-refractivity contribution in [2.24, 2.45) is 16.3 Å². The molecule has 0 aliphatic heterocycles. The highest BCUT2D eigenvalue weighted by Gasteiger charge is 2.30. The first-order valence-corrected chi connectivity index (χ1v) is 5.64. The highest BCUT2D eigenvalue weighted by Crippen LogP contribution is 2.22. The number of hydrogen-bond acceptors (Lipinski definition) is 3. The molecule has 0 saturated heterocycles. The van der Waals surface area contributed by atoms with Gasteiger partial charge in [-0.2, -0.15) is 0 Å². The largest absolute Gasteiger partial charge is 0.409 e. The molecule has 5 heteroatoms. The van der Waals surface area contributed by atoms with E-state index in [2.05, 4.69) is 5.16 Å². The molecule has 0 aromatic carbocycles. The van der Waals surface area contributed by atoms with Gasteiger partial charge in [0.15, 0.2) is 5.84 Å². The van der Waals surface area contributed by atoms with Crippen LogP contribution in [-0.4, -0.2) is 34.9 Å². The van der Waals surface area contributed by atoms with Crippen molar-refractivity contribution >= 4 is 11.7 Å². The Hall–Kier alpha value is -1.26. The molecule has 0 heterocycles. The minimum absolute atomic E-state index is 0.0449. The van der Waals surface area contributed by atoms with Gasteiger partial charge in [-0.3, -0.25) is 4.79 Å². The highest BCUT2D eigenvalue weighted by molar-refractivity contribution is 5.89. The van der Waals surface area contributed by atoms with Crippen molar-refractivity contribution in [3.63, 3.8) is 0 Å². The third-order valence-electron chi connectivity index (χ3n) is 2.72. The number of amidine groups is 1. The summed E-state index contributed by atoms with van der Waals surface area (Å²) in [4.78, 5) is 13.8. The first kappa shape index (κ1) is 14.7. The first-order chi connectivity index (χ1) is 7.38. The fourth-order valence-corrected chi connectivity index (χ4v) is 1.33. The Kier molecular flexibility index (Phi) is 5.85. The summed E-state index contributed by atoms with van der Waals surface area (Å²) >= 11 is 0. The Morgan fingerprint density at radius 1 is 1.44 bits per heavy atom. The summed E-state index contributed by atoms with van der Waals surface area (Å²) in [5, 5.41) is 11.4. The molecule has 0 fully saturated rings. The molecule has 0 rings (SSSR count). The molecule has 0 aromatic rings. The van der Waals surface area contributed by atoms with E-state index < -0.39 is 5.41 Å². The fraction of sp³-hybridized carbons (Fsp3) is 0.818. The number of amides is 1. The van der Waals surface area contributed by atoms with E-state index >= 15 is 0 Å². The third-order valence-corrected chi connectivity index (χ3v) is 2.72. The van der Waals surface area contributed by atoms with Crippen LogP contribution in [-0.2, 0) is 4.79 Å². The molecule has 0 bridgehead atoms. The van der Waals surface area contributed by atoms with Crippen molar-refractivity contribution in [2.75, 3.05) is 13.1 Å². The SMILES string of the molecule is CCCN(CC(N)=NO)C(=O)C(C)(C)CC. The number of carbonyl (C=O) groups is 1. The molecular formula is C11H23N3O2. The number of nitrogens with two attached hydrogens (primary N) is 1. The van der Waals surface area contributed by atoms with Crippen LogP contribution in [0.2, 0.25) is 0 Å². The predicted octanol–water partition coefficient (Wildman–Crippen LogP) is 1.41. The lowest BCUT2D eigenvalue weighted by Crippen LogP contribution is -2.45. The maximum atomic E-state index is 12.2. The van der Waals surface area contributed by atoms with Gasteiger partial charge in [-0.15, -0.1) is 0 Å². The topological polar surface area (TPSA) is 78.9 Å². The second kappa shape index (κ2) is 6.35. The molecule has 0 aromatic heterocycles. The van der Waals surface area contributed by atoms with Crippen molar-refractivity contribution in [3.05, 3.63) is 0 Å². The Balaban J connectivity index is 4.71. The number of nitrogens with zero attached hydrogens (tertiary/aromatic N) is 2. The van der Waals surface area contributed by atoms with Gasteiger partial charge >= 0.3 is 0 Å². The van der Waals surface area contributed by atoms with E-state index in [9.17, 15) is 4.79 Å². The standard InChI is InChI=1S/C11H23N3O2/c1-5-7-14(8-9(12)13-16)10(15)11(3,4)6-2/h16H,5-8H2,1-4H3,(H2,12,13). The summed E-state index contributed by atoms with van der Waals surface area (Å²) in [7, 11) is 0. The van der Waals surface area contributed by atoms with Crippen LogP contribution >= 0.6 is 0 Å². The maximum absolute atomic E-state index is 12.2. The second-order valence-electron chi connectivity index (χ2n) is 4.56. The van der Waals surface area contributed by atoms with E-state index in [-0.39, 0.29) is 18.3 Å². The zero-order valence-corrected chi connectivity index (χ0v) is 10.7. The predicted molar refractivity (Wildman–Crippen MR) is 64.4 cm³/mol. The van der Waals surface area contributed by atoms with Crippen molar-refractivity contribution in [2.45, 2.75) is 40.5 Å². The average Bonchev–Trinajstić information content (AvgIpc) is 2.27. The van der Waals surface area contributed by atoms with Crippen molar-refractivity contribution in [3.8, 4) is 0 Å². The van der Waals surface area contributed by atoms with E-state index in [0.717, 1.165) is 12.8 Å². The molecule has 0 aliphatic rings. The average molecular weight is 229 g/mol.